The maximum Gasteiger partial charge on any atom is 0.335 e. The van der Waals surface area contributed by atoms with Crippen molar-refractivity contribution in [2.75, 3.05) is 18.4 Å². The zero-order chi connectivity index (χ0) is 14.4. The molecule has 1 rings (SSSR count). The number of anilines is 1. The fourth-order valence-corrected chi connectivity index (χ4v) is 2.09. The lowest BCUT2D eigenvalue weighted by atomic mass is 10.2. The minimum atomic E-state index is -1.00. The highest BCUT2D eigenvalue weighted by atomic mass is 79.9. The number of carboxylic acid groups (broad SMARTS) is 1. The first-order chi connectivity index (χ1) is 8.99. The summed E-state index contributed by atoms with van der Waals surface area (Å²) in [5.41, 5.74) is 0.732. The summed E-state index contributed by atoms with van der Waals surface area (Å²) in [7, 11) is 0. The largest absolute Gasteiger partial charge is 0.478 e. The number of rotatable bonds is 5. The van der Waals surface area contributed by atoms with Crippen molar-refractivity contribution in [1.82, 2.24) is 4.90 Å². The van der Waals surface area contributed by atoms with Crippen LogP contribution in [-0.2, 0) is 0 Å². The van der Waals surface area contributed by atoms with Crippen LogP contribution in [0.3, 0.4) is 0 Å². The van der Waals surface area contributed by atoms with E-state index in [2.05, 4.69) is 21.2 Å². The Bertz CT molecular complexity index is 477. The Morgan fingerprint density at radius 2 is 2.05 bits per heavy atom. The predicted octanol–water partition coefficient (Wildman–Crippen LogP) is 3.41. The average Bonchev–Trinajstić information content (AvgIpc) is 2.37. The summed E-state index contributed by atoms with van der Waals surface area (Å²) >= 11 is 3.26. The van der Waals surface area contributed by atoms with Gasteiger partial charge in [0.1, 0.15) is 0 Å². The van der Waals surface area contributed by atoms with E-state index in [9.17, 15) is 9.59 Å². The highest BCUT2D eigenvalue weighted by molar-refractivity contribution is 9.10. The quantitative estimate of drug-likeness (QED) is 0.870. The summed E-state index contributed by atoms with van der Waals surface area (Å²) in [6.07, 6.45) is 0.889. The van der Waals surface area contributed by atoms with Crippen LogP contribution in [-0.4, -0.2) is 35.1 Å². The van der Waals surface area contributed by atoms with Crippen molar-refractivity contribution in [3.63, 3.8) is 0 Å². The van der Waals surface area contributed by atoms with E-state index in [-0.39, 0.29) is 11.6 Å². The van der Waals surface area contributed by atoms with Crippen LogP contribution in [0.2, 0.25) is 0 Å². The number of hydrogen-bond acceptors (Lipinski definition) is 2. The molecule has 19 heavy (non-hydrogen) atoms. The number of halogens is 1. The van der Waals surface area contributed by atoms with E-state index in [1.165, 1.54) is 12.1 Å². The molecule has 2 amide bonds. The van der Waals surface area contributed by atoms with E-state index in [1.807, 2.05) is 13.8 Å². The minimum absolute atomic E-state index is 0.172. The molecule has 0 bridgehead atoms. The van der Waals surface area contributed by atoms with Gasteiger partial charge in [-0.05, 0) is 47.5 Å². The Morgan fingerprint density at radius 3 is 2.53 bits per heavy atom. The van der Waals surface area contributed by atoms with Crippen LogP contribution in [0.1, 0.15) is 30.6 Å². The molecule has 0 spiro atoms. The Balaban J connectivity index is 2.82. The monoisotopic (exact) mass is 328 g/mol. The summed E-state index contributed by atoms with van der Waals surface area (Å²) < 4.78 is 0.549. The molecule has 0 aliphatic carbocycles. The van der Waals surface area contributed by atoms with E-state index < -0.39 is 5.97 Å². The lowest BCUT2D eigenvalue weighted by molar-refractivity contribution is 0.0697. The molecule has 1 aromatic carbocycles. The van der Waals surface area contributed by atoms with Gasteiger partial charge in [0.05, 0.1) is 11.3 Å². The first kappa shape index (κ1) is 15.5. The molecule has 0 heterocycles. The van der Waals surface area contributed by atoms with Crippen LogP contribution in [0.5, 0.6) is 0 Å². The summed E-state index contributed by atoms with van der Waals surface area (Å²) in [6.45, 7) is 5.24. The summed E-state index contributed by atoms with van der Waals surface area (Å²) in [6, 6.07) is 4.31. The van der Waals surface area contributed by atoms with Gasteiger partial charge >= 0.3 is 12.0 Å². The van der Waals surface area contributed by atoms with Gasteiger partial charge in [0.25, 0.3) is 0 Å². The molecule has 1 aromatic rings. The van der Waals surface area contributed by atoms with E-state index in [0.717, 1.165) is 6.42 Å². The van der Waals surface area contributed by atoms with Gasteiger partial charge in [-0.15, -0.1) is 0 Å². The molecule has 0 atom stereocenters. The summed E-state index contributed by atoms with van der Waals surface area (Å²) in [5, 5.41) is 11.6. The molecule has 6 heteroatoms. The Hall–Kier alpha value is -1.56. The highest BCUT2D eigenvalue weighted by Crippen LogP contribution is 2.24. The first-order valence-electron chi connectivity index (χ1n) is 6.08. The standard InChI is InChI=1S/C13H17BrN2O3/c1-3-7-16(4-2)13(19)15-11-6-5-9(12(17)18)8-10(11)14/h5-6,8H,3-4,7H2,1-2H3,(H,15,19)(H,17,18). The van der Waals surface area contributed by atoms with Crippen molar-refractivity contribution in [3.8, 4) is 0 Å². The zero-order valence-corrected chi connectivity index (χ0v) is 12.5. The number of carboxylic acids is 1. The van der Waals surface area contributed by atoms with Crippen molar-refractivity contribution in [2.24, 2.45) is 0 Å². The number of carbonyl (C=O) groups excluding carboxylic acids is 1. The van der Waals surface area contributed by atoms with Crippen molar-refractivity contribution >= 4 is 33.6 Å². The van der Waals surface area contributed by atoms with Crippen LogP contribution in [0.15, 0.2) is 22.7 Å². The van der Waals surface area contributed by atoms with E-state index in [1.54, 1.807) is 11.0 Å². The third-order valence-corrected chi connectivity index (χ3v) is 3.28. The number of carbonyl (C=O) groups is 2. The smallest absolute Gasteiger partial charge is 0.335 e. The molecule has 0 fully saturated rings. The number of nitrogens with zero attached hydrogens (tertiary/aromatic N) is 1. The molecule has 0 aliphatic heterocycles. The minimum Gasteiger partial charge on any atom is -0.478 e. The molecule has 0 saturated carbocycles. The second-order valence-electron chi connectivity index (χ2n) is 4.01. The van der Waals surface area contributed by atoms with Crippen molar-refractivity contribution in [2.45, 2.75) is 20.3 Å². The SMILES string of the molecule is CCCN(CC)C(=O)Nc1ccc(C(=O)O)cc1Br. The van der Waals surface area contributed by atoms with Gasteiger partial charge in [0, 0.05) is 17.6 Å². The normalized spacial score (nSPS) is 10.1. The number of hydrogen-bond donors (Lipinski definition) is 2. The first-order valence-corrected chi connectivity index (χ1v) is 6.87. The van der Waals surface area contributed by atoms with Gasteiger partial charge in [-0.2, -0.15) is 0 Å². The lowest BCUT2D eigenvalue weighted by Crippen LogP contribution is -2.35. The van der Waals surface area contributed by atoms with Crippen LogP contribution in [0, 0.1) is 0 Å². The number of benzene rings is 1. The third-order valence-electron chi connectivity index (χ3n) is 2.62. The summed E-state index contributed by atoms with van der Waals surface area (Å²) in [4.78, 5) is 24.5. The number of nitrogens with one attached hydrogen (secondary N) is 1. The average molecular weight is 329 g/mol. The van der Waals surface area contributed by atoms with Crippen LogP contribution in [0.25, 0.3) is 0 Å². The number of urea groups is 1. The molecule has 0 unspecified atom stereocenters. The van der Waals surface area contributed by atoms with Gasteiger partial charge in [-0.1, -0.05) is 6.92 Å². The third kappa shape index (κ3) is 4.24. The number of amides is 2. The maximum atomic E-state index is 12.0. The fourth-order valence-electron chi connectivity index (χ4n) is 1.62. The van der Waals surface area contributed by atoms with Gasteiger partial charge in [0.15, 0.2) is 0 Å². The van der Waals surface area contributed by atoms with Gasteiger partial charge in [-0.3, -0.25) is 0 Å². The molecule has 0 aromatic heterocycles. The number of aromatic carboxylic acids is 1. The van der Waals surface area contributed by atoms with Crippen LogP contribution < -0.4 is 5.32 Å². The molecule has 5 nitrogen and oxygen atoms in total. The van der Waals surface area contributed by atoms with Crippen LogP contribution in [0.4, 0.5) is 10.5 Å². The highest BCUT2D eigenvalue weighted by Gasteiger charge is 2.13. The Kier molecular flexibility index (Phi) is 5.82. The van der Waals surface area contributed by atoms with E-state index in [4.69, 9.17) is 5.11 Å². The fraction of sp³-hybridized carbons (Fsp3) is 0.385. The Labute approximate surface area is 120 Å². The van der Waals surface area contributed by atoms with Crippen molar-refractivity contribution in [1.29, 1.82) is 0 Å². The lowest BCUT2D eigenvalue weighted by Gasteiger charge is -2.21. The molecule has 0 saturated heterocycles. The van der Waals surface area contributed by atoms with E-state index >= 15 is 0 Å². The molecule has 0 radical (unpaired) electrons. The zero-order valence-electron chi connectivity index (χ0n) is 10.9. The molecule has 104 valence electrons. The van der Waals surface area contributed by atoms with Crippen LogP contribution >= 0.6 is 15.9 Å². The summed E-state index contributed by atoms with van der Waals surface area (Å²) in [5.74, 6) is -1.00. The van der Waals surface area contributed by atoms with Crippen molar-refractivity contribution < 1.29 is 14.7 Å². The maximum absolute atomic E-state index is 12.0. The van der Waals surface area contributed by atoms with Gasteiger partial charge in [-0.25, -0.2) is 9.59 Å². The molecular formula is C13H17BrN2O3. The topological polar surface area (TPSA) is 69.6 Å². The van der Waals surface area contributed by atoms with Crippen molar-refractivity contribution in [3.05, 3.63) is 28.2 Å². The predicted molar refractivity (Wildman–Crippen MR) is 77.7 cm³/mol. The Morgan fingerprint density at radius 1 is 1.37 bits per heavy atom. The molecule has 0 aliphatic rings. The second-order valence-corrected chi connectivity index (χ2v) is 4.86. The van der Waals surface area contributed by atoms with E-state index in [0.29, 0.717) is 23.2 Å². The van der Waals surface area contributed by atoms with Gasteiger partial charge in [0.2, 0.25) is 0 Å². The molecule has 2 N–H and O–H groups in total. The second kappa shape index (κ2) is 7.13. The molecular weight excluding hydrogens is 312 g/mol. The van der Waals surface area contributed by atoms with Gasteiger partial charge < -0.3 is 15.3 Å².